The fraction of sp³-hybridized carbons (Fsp3) is 0.250. The number of nitrogens with zero attached hydrogens (tertiary/aromatic N) is 1. The molecule has 1 atom stereocenters. The van der Waals surface area contributed by atoms with Crippen LogP contribution < -0.4 is 0 Å². The van der Waals surface area contributed by atoms with E-state index in [9.17, 15) is 9.90 Å². The molecule has 4 heteroatoms. The summed E-state index contributed by atoms with van der Waals surface area (Å²) in [7, 11) is 0. The van der Waals surface area contributed by atoms with Gasteiger partial charge in [-0.2, -0.15) is 0 Å². The molecular weight excluding hydrogens is 318 g/mol. The second-order valence-corrected chi connectivity index (χ2v) is 5.68. The van der Waals surface area contributed by atoms with E-state index in [1.165, 1.54) is 0 Å². The number of benzene rings is 1. The summed E-state index contributed by atoms with van der Waals surface area (Å²) in [4.78, 5) is 15.3. The largest absolute Gasteiger partial charge is 0.481 e. The van der Waals surface area contributed by atoms with Gasteiger partial charge < -0.3 is 5.11 Å². The number of aromatic nitrogens is 1. The van der Waals surface area contributed by atoms with Crippen molar-refractivity contribution in [2.75, 3.05) is 0 Å². The Hall–Kier alpha value is -1.68. The number of aliphatic carboxylic acids is 1. The van der Waals surface area contributed by atoms with Crippen molar-refractivity contribution in [2.24, 2.45) is 5.92 Å². The molecule has 104 valence electrons. The minimum absolute atomic E-state index is 0.363. The normalized spacial score (nSPS) is 12.1. The molecule has 0 bridgehead atoms. The summed E-state index contributed by atoms with van der Waals surface area (Å²) < 4.78 is 0.980. The molecule has 0 aliphatic heterocycles. The molecule has 0 saturated carbocycles. The van der Waals surface area contributed by atoms with E-state index in [2.05, 4.69) is 20.9 Å². The Morgan fingerprint density at radius 1 is 1.20 bits per heavy atom. The monoisotopic (exact) mass is 333 g/mol. The van der Waals surface area contributed by atoms with Crippen LogP contribution in [-0.2, 0) is 17.6 Å². The van der Waals surface area contributed by atoms with Crippen LogP contribution in [0.4, 0.5) is 0 Å². The Balaban J connectivity index is 1.99. The molecule has 0 aliphatic carbocycles. The molecule has 0 amide bonds. The lowest BCUT2D eigenvalue weighted by atomic mass is 9.93. The third kappa shape index (κ3) is 4.46. The number of aryl methyl sites for hydroxylation is 1. The van der Waals surface area contributed by atoms with Gasteiger partial charge in [0.05, 0.1) is 5.92 Å². The van der Waals surface area contributed by atoms with Crippen molar-refractivity contribution in [3.8, 4) is 0 Å². The number of carboxylic acids is 1. The van der Waals surface area contributed by atoms with Gasteiger partial charge in [0.25, 0.3) is 0 Å². The third-order valence-electron chi connectivity index (χ3n) is 3.25. The Morgan fingerprint density at radius 2 is 1.95 bits per heavy atom. The molecule has 0 saturated heterocycles. The highest BCUT2D eigenvalue weighted by Gasteiger charge is 2.18. The summed E-state index contributed by atoms with van der Waals surface area (Å²) in [6.45, 7) is 0. The standard InChI is InChI=1S/C16H16BrNO2/c17-15-3-1-2-13(11-15)10-14(16(19)20)5-4-12-6-8-18-9-7-12/h1-3,6-9,11,14H,4-5,10H2,(H,19,20). The van der Waals surface area contributed by atoms with E-state index < -0.39 is 5.97 Å². The molecule has 1 aromatic heterocycles. The topological polar surface area (TPSA) is 50.2 Å². The van der Waals surface area contributed by atoms with Gasteiger partial charge in [0, 0.05) is 16.9 Å². The van der Waals surface area contributed by atoms with Crippen LogP contribution in [0.2, 0.25) is 0 Å². The maximum atomic E-state index is 11.4. The first-order chi connectivity index (χ1) is 9.65. The van der Waals surface area contributed by atoms with Crippen LogP contribution in [0.3, 0.4) is 0 Å². The summed E-state index contributed by atoms with van der Waals surface area (Å²) >= 11 is 3.41. The smallest absolute Gasteiger partial charge is 0.306 e. The molecule has 20 heavy (non-hydrogen) atoms. The summed E-state index contributed by atoms with van der Waals surface area (Å²) in [6.07, 6.45) is 5.41. The van der Waals surface area contributed by atoms with Crippen molar-refractivity contribution in [3.63, 3.8) is 0 Å². The van der Waals surface area contributed by atoms with Crippen LogP contribution in [0.1, 0.15) is 17.5 Å². The molecule has 0 fully saturated rings. The van der Waals surface area contributed by atoms with Crippen molar-refractivity contribution < 1.29 is 9.90 Å². The Morgan fingerprint density at radius 3 is 2.60 bits per heavy atom. The lowest BCUT2D eigenvalue weighted by Gasteiger charge is -2.12. The first kappa shape index (κ1) is 14.7. The van der Waals surface area contributed by atoms with Gasteiger partial charge in [-0.15, -0.1) is 0 Å². The SMILES string of the molecule is O=C(O)C(CCc1ccncc1)Cc1cccc(Br)c1. The van der Waals surface area contributed by atoms with Crippen LogP contribution in [0.5, 0.6) is 0 Å². The van der Waals surface area contributed by atoms with Crippen molar-refractivity contribution in [1.29, 1.82) is 0 Å². The Bertz CT molecular complexity index is 572. The summed E-state index contributed by atoms with van der Waals surface area (Å²) in [5, 5.41) is 9.36. The van der Waals surface area contributed by atoms with Crippen LogP contribution >= 0.6 is 15.9 Å². The molecule has 2 rings (SSSR count). The zero-order valence-corrected chi connectivity index (χ0v) is 12.6. The molecule has 2 aromatic rings. The van der Waals surface area contributed by atoms with Gasteiger partial charge in [0.15, 0.2) is 0 Å². The summed E-state index contributed by atoms with van der Waals surface area (Å²) in [5.74, 6) is -1.10. The van der Waals surface area contributed by atoms with Crippen molar-refractivity contribution in [1.82, 2.24) is 4.98 Å². The molecule has 1 aromatic carbocycles. The van der Waals surface area contributed by atoms with E-state index in [1.54, 1.807) is 12.4 Å². The van der Waals surface area contributed by atoms with Gasteiger partial charge in [-0.05, 0) is 54.7 Å². The minimum atomic E-state index is -0.737. The van der Waals surface area contributed by atoms with E-state index in [1.807, 2.05) is 36.4 Å². The van der Waals surface area contributed by atoms with Crippen LogP contribution in [0.25, 0.3) is 0 Å². The van der Waals surface area contributed by atoms with Crippen LogP contribution in [0.15, 0.2) is 53.3 Å². The van der Waals surface area contributed by atoms with E-state index in [0.717, 1.165) is 22.0 Å². The Kier molecular flexibility index (Phi) is 5.30. The quantitative estimate of drug-likeness (QED) is 0.876. The number of halogens is 1. The van der Waals surface area contributed by atoms with Crippen LogP contribution in [0, 0.1) is 5.92 Å². The Labute approximate surface area is 126 Å². The van der Waals surface area contributed by atoms with E-state index in [4.69, 9.17) is 0 Å². The summed E-state index contributed by atoms with van der Waals surface area (Å²) in [5.41, 5.74) is 2.17. The zero-order chi connectivity index (χ0) is 14.4. The van der Waals surface area contributed by atoms with E-state index in [-0.39, 0.29) is 5.92 Å². The molecule has 0 spiro atoms. The second kappa shape index (κ2) is 7.20. The number of carboxylic acid groups (broad SMARTS) is 1. The molecule has 3 nitrogen and oxygen atoms in total. The number of carbonyl (C=O) groups is 1. The maximum Gasteiger partial charge on any atom is 0.306 e. The molecule has 1 N–H and O–H groups in total. The first-order valence-corrected chi connectivity index (χ1v) is 7.30. The predicted molar refractivity (Wildman–Crippen MR) is 81.5 cm³/mol. The van der Waals surface area contributed by atoms with Gasteiger partial charge in [0.2, 0.25) is 0 Å². The number of hydrogen-bond acceptors (Lipinski definition) is 2. The summed E-state index contributed by atoms with van der Waals surface area (Å²) in [6, 6.07) is 11.7. The van der Waals surface area contributed by atoms with Crippen molar-refractivity contribution in [3.05, 3.63) is 64.4 Å². The highest BCUT2D eigenvalue weighted by molar-refractivity contribution is 9.10. The maximum absolute atomic E-state index is 11.4. The van der Waals surface area contributed by atoms with E-state index >= 15 is 0 Å². The van der Waals surface area contributed by atoms with Gasteiger partial charge in [-0.25, -0.2) is 0 Å². The minimum Gasteiger partial charge on any atom is -0.481 e. The lowest BCUT2D eigenvalue weighted by molar-refractivity contribution is -0.141. The van der Waals surface area contributed by atoms with Gasteiger partial charge in [0.1, 0.15) is 0 Å². The molecule has 1 heterocycles. The third-order valence-corrected chi connectivity index (χ3v) is 3.74. The number of hydrogen-bond donors (Lipinski definition) is 1. The predicted octanol–water partition coefficient (Wildman–Crippen LogP) is 3.72. The zero-order valence-electron chi connectivity index (χ0n) is 11.0. The fourth-order valence-corrected chi connectivity index (χ4v) is 2.60. The van der Waals surface area contributed by atoms with Gasteiger partial charge in [-0.1, -0.05) is 28.1 Å². The van der Waals surface area contributed by atoms with Crippen LogP contribution in [-0.4, -0.2) is 16.1 Å². The average Bonchev–Trinajstić information content (AvgIpc) is 2.44. The van der Waals surface area contributed by atoms with Crippen molar-refractivity contribution >= 4 is 21.9 Å². The molecule has 0 radical (unpaired) electrons. The fourth-order valence-electron chi connectivity index (χ4n) is 2.15. The van der Waals surface area contributed by atoms with Gasteiger partial charge >= 0.3 is 5.97 Å². The van der Waals surface area contributed by atoms with Gasteiger partial charge in [-0.3, -0.25) is 9.78 Å². The second-order valence-electron chi connectivity index (χ2n) is 4.76. The van der Waals surface area contributed by atoms with E-state index in [0.29, 0.717) is 12.8 Å². The molecule has 1 unspecified atom stereocenters. The average molecular weight is 334 g/mol. The molecule has 0 aliphatic rings. The lowest BCUT2D eigenvalue weighted by Crippen LogP contribution is -2.17. The van der Waals surface area contributed by atoms with Crippen molar-refractivity contribution in [2.45, 2.75) is 19.3 Å². The number of rotatable bonds is 6. The highest BCUT2D eigenvalue weighted by atomic mass is 79.9. The first-order valence-electron chi connectivity index (χ1n) is 6.51. The highest BCUT2D eigenvalue weighted by Crippen LogP contribution is 2.19. The number of pyridine rings is 1. The molecular formula is C16H16BrNO2.